The Morgan fingerprint density at radius 3 is 1.59 bits per heavy atom. The second-order valence-corrected chi connectivity index (χ2v) is 4.64. The molecule has 0 heterocycles. The Bertz CT molecular complexity index is 332. The van der Waals surface area contributed by atoms with Crippen molar-refractivity contribution in [2.45, 2.75) is 13.8 Å². The summed E-state index contributed by atoms with van der Waals surface area (Å²) in [5.41, 5.74) is -0.185. The zero-order valence-electron chi connectivity index (χ0n) is 10.6. The monoisotopic (exact) mass is 238 g/mol. The molecular formula is C13H18O4. The Balaban J connectivity index is 3.09. The van der Waals surface area contributed by atoms with E-state index in [-0.39, 0.29) is 5.41 Å². The van der Waals surface area contributed by atoms with Crippen molar-refractivity contribution in [3.8, 4) is 0 Å². The Labute approximate surface area is 101 Å². The van der Waals surface area contributed by atoms with Gasteiger partial charge in [-0.15, -0.1) is 0 Å². The van der Waals surface area contributed by atoms with E-state index in [0.29, 0.717) is 0 Å². The molecule has 0 aromatic rings. The average Bonchev–Trinajstić information content (AvgIpc) is 2.46. The highest BCUT2D eigenvalue weighted by Crippen LogP contribution is 2.29. The predicted octanol–water partition coefficient (Wildman–Crippen LogP) is 1.72. The number of hydrogen-bond acceptors (Lipinski definition) is 4. The molecule has 0 aromatic carbocycles. The van der Waals surface area contributed by atoms with E-state index in [1.165, 1.54) is 14.2 Å². The lowest BCUT2D eigenvalue weighted by molar-refractivity contribution is -0.153. The molecule has 4 nitrogen and oxygen atoms in total. The van der Waals surface area contributed by atoms with Crippen molar-refractivity contribution in [2.24, 2.45) is 17.3 Å². The Morgan fingerprint density at radius 2 is 1.29 bits per heavy atom. The molecule has 0 amide bonds. The van der Waals surface area contributed by atoms with Crippen LogP contribution in [0.1, 0.15) is 13.8 Å². The summed E-state index contributed by atoms with van der Waals surface area (Å²) < 4.78 is 9.41. The summed E-state index contributed by atoms with van der Waals surface area (Å²) in [5.74, 6) is -2.10. The standard InChI is InChI=1S/C13H18O4/c1-13(2)7-5-9(11(14)16-3)10(6-8-13)12(15)17-4/h5-10H,1-4H3/t9-,10+. The van der Waals surface area contributed by atoms with Crippen LogP contribution in [-0.4, -0.2) is 26.2 Å². The Hall–Kier alpha value is -1.58. The topological polar surface area (TPSA) is 52.6 Å². The zero-order chi connectivity index (χ0) is 13.1. The molecule has 4 heteroatoms. The first kappa shape index (κ1) is 13.5. The van der Waals surface area contributed by atoms with Gasteiger partial charge in [0.2, 0.25) is 0 Å². The van der Waals surface area contributed by atoms with Gasteiger partial charge < -0.3 is 9.47 Å². The van der Waals surface area contributed by atoms with Crippen LogP contribution in [0.15, 0.2) is 24.3 Å². The molecule has 0 saturated carbocycles. The minimum absolute atomic E-state index is 0.185. The van der Waals surface area contributed by atoms with Gasteiger partial charge in [0.15, 0.2) is 0 Å². The van der Waals surface area contributed by atoms with E-state index >= 15 is 0 Å². The van der Waals surface area contributed by atoms with Crippen LogP contribution >= 0.6 is 0 Å². The number of ether oxygens (including phenoxy) is 2. The van der Waals surface area contributed by atoms with Crippen molar-refractivity contribution in [1.82, 2.24) is 0 Å². The summed E-state index contributed by atoms with van der Waals surface area (Å²) in [6.07, 6.45) is 7.23. The second-order valence-electron chi connectivity index (χ2n) is 4.64. The number of carbonyl (C=O) groups is 2. The molecule has 94 valence electrons. The SMILES string of the molecule is COC(=O)[C@H]1C=CC(C)(C)C=C[C@H]1C(=O)OC. The summed E-state index contributed by atoms with van der Waals surface area (Å²) in [5, 5.41) is 0. The van der Waals surface area contributed by atoms with Crippen molar-refractivity contribution in [3.63, 3.8) is 0 Å². The first-order valence-electron chi connectivity index (χ1n) is 5.45. The van der Waals surface area contributed by atoms with Gasteiger partial charge in [-0.2, -0.15) is 0 Å². The van der Waals surface area contributed by atoms with E-state index < -0.39 is 23.8 Å². The summed E-state index contributed by atoms with van der Waals surface area (Å²) in [7, 11) is 2.62. The van der Waals surface area contributed by atoms with Crippen LogP contribution in [0.4, 0.5) is 0 Å². The highest BCUT2D eigenvalue weighted by atomic mass is 16.5. The van der Waals surface area contributed by atoms with E-state index in [2.05, 4.69) is 0 Å². The fourth-order valence-electron chi connectivity index (χ4n) is 1.72. The van der Waals surface area contributed by atoms with Crippen LogP contribution in [0.25, 0.3) is 0 Å². The Morgan fingerprint density at radius 1 is 0.941 bits per heavy atom. The van der Waals surface area contributed by atoms with Gasteiger partial charge >= 0.3 is 11.9 Å². The first-order valence-corrected chi connectivity index (χ1v) is 5.45. The minimum Gasteiger partial charge on any atom is -0.469 e. The van der Waals surface area contributed by atoms with Crippen molar-refractivity contribution in [1.29, 1.82) is 0 Å². The van der Waals surface area contributed by atoms with E-state index in [0.717, 1.165) is 0 Å². The number of carbonyl (C=O) groups excluding carboxylic acids is 2. The van der Waals surface area contributed by atoms with Crippen LogP contribution in [-0.2, 0) is 19.1 Å². The number of rotatable bonds is 2. The third-order valence-corrected chi connectivity index (χ3v) is 2.80. The fraction of sp³-hybridized carbons (Fsp3) is 0.538. The molecule has 0 radical (unpaired) electrons. The predicted molar refractivity (Wildman–Crippen MR) is 63.1 cm³/mol. The Kier molecular flexibility index (Phi) is 4.10. The summed E-state index contributed by atoms with van der Waals surface area (Å²) in [4.78, 5) is 23.3. The zero-order valence-corrected chi connectivity index (χ0v) is 10.6. The molecule has 0 N–H and O–H groups in total. The molecule has 0 saturated heterocycles. The summed E-state index contributed by atoms with van der Waals surface area (Å²) >= 11 is 0. The van der Waals surface area contributed by atoms with Crippen molar-refractivity contribution in [2.75, 3.05) is 14.2 Å². The lowest BCUT2D eigenvalue weighted by Gasteiger charge is -2.16. The van der Waals surface area contributed by atoms with Crippen molar-refractivity contribution < 1.29 is 19.1 Å². The number of esters is 2. The highest BCUT2D eigenvalue weighted by Gasteiger charge is 2.34. The van der Waals surface area contributed by atoms with Crippen molar-refractivity contribution in [3.05, 3.63) is 24.3 Å². The van der Waals surface area contributed by atoms with E-state index in [9.17, 15) is 9.59 Å². The smallest absolute Gasteiger partial charge is 0.313 e. The van der Waals surface area contributed by atoms with Crippen LogP contribution in [0.3, 0.4) is 0 Å². The number of methoxy groups -OCH3 is 2. The van der Waals surface area contributed by atoms with Gasteiger partial charge in [-0.25, -0.2) is 0 Å². The molecule has 0 bridgehead atoms. The van der Waals surface area contributed by atoms with Gasteiger partial charge in [-0.05, 0) is 0 Å². The molecule has 1 aliphatic carbocycles. The lowest BCUT2D eigenvalue weighted by atomic mass is 9.92. The van der Waals surface area contributed by atoms with Gasteiger partial charge in [0.1, 0.15) is 0 Å². The quantitative estimate of drug-likeness (QED) is 0.543. The summed E-state index contributed by atoms with van der Waals surface area (Å²) in [6, 6.07) is 0. The van der Waals surface area contributed by atoms with Gasteiger partial charge in [-0.1, -0.05) is 38.2 Å². The van der Waals surface area contributed by atoms with E-state index in [1.807, 2.05) is 26.0 Å². The molecule has 0 spiro atoms. The minimum atomic E-state index is -0.620. The van der Waals surface area contributed by atoms with Gasteiger partial charge in [0.05, 0.1) is 26.1 Å². The molecular weight excluding hydrogens is 220 g/mol. The normalized spacial score (nSPS) is 26.1. The third-order valence-electron chi connectivity index (χ3n) is 2.80. The molecule has 0 fully saturated rings. The average molecular weight is 238 g/mol. The highest BCUT2D eigenvalue weighted by molar-refractivity contribution is 5.85. The second kappa shape index (κ2) is 5.17. The van der Waals surface area contributed by atoms with Crippen LogP contribution in [0.5, 0.6) is 0 Å². The molecule has 2 atom stereocenters. The molecule has 1 rings (SSSR count). The third kappa shape index (κ3) is 3.19. The molecule has 17 heavy (non-hydrogen) atoms. The molecule has 1 aliphatic rings. The number of hydrogen-bond donors (Lipinski definition) is 0. The largest absolute Gasteiger partial charge is 0.469 e. The van der Waals surface area contributed by atoms with Gasteiger partial charge in [-0.3, -0.25) is 9.59 Å². The lowest BCUT2D eigenvalue weighted by Crippen LogP contribution is -2.28. The van der Waals surface area contributed by atoms with Crippen LogP contribution < -0.4 is 0 Å². The van der Waals surface area contributed by atoms with E-state index in [4.69, 9.17) is 9.47 Å². The fourth-order valence-corrected chi connectivity index (χ4v) is 1.72. The van der Waals surface area contributed by atoms with Crippen LogP contribution in [0.2, 0.25) is 0 Å². The molecule has 0 aliphatic heterocycles. The van der Waals surface area contributed by atoms with E-state index in [1.54, 1.807) is 12.2 Å². The molecule has 0 aromatic heterocycles. The maximum absolute atomic E-state index is 11.6. The first-order chi connectivity index (χ1) is 7.91. The van der Waals surface area contributed by atoms with Crippen molar-refractivity contribution >= 4 is 11.9 Å². The maximum Gasteiger partial charge on any atom is 0.313 e. The van der Waals surface area contributed by atoms with Gasteiger partial charge in [0.25, 0.3) is 0 Å². The number of allylic oxidation sites excluding steroid dienone is 2. The molecule has 0 unspecified atom stereocenters. The maximum atomic E-state index is 11.6. The summed E-state index contributed by atoms with van der Waals surface area (Å²) in [6.45, 7) is 3.99. The van der Waals surface area contributed by atoms with Gasteiger partial charge in [0, 0.05) is 5.41 Å². The van der Waals surface area contributed by atoms with Crippen LogP contribution in [0, 0.1) is 17.3 Å².